The van der Waals surface area contributed by atoms with Crippen molar-refractivity contribution in [1.82, 2.24) is 19.7 Å². The number of halogens is 1. The molecule has 3 aromatic rings. The number of hydrogen-bond donors (Lipinski definition) is 0. The van der Waals surface area contributed by atoms with Gasteiger partial charge in [0, 0.05) is 25.3 Å². The quantitative estimate of drug-likeness (QED) is 0.578. The minimum atomic E-state index is -0.0954. The van der Waals surface area contributed by atoms with Crippen molar-refractivity contribution in [3.8, 4) is 0 Å². The maximum atomic E-state index is 13.2. The number of rotatable bonds is 7. The number of hydrogen-bond acceptors (Lipinski definition) is 5. The summed E-state index contributed by atoms with van der Waals surface area (Å²) in [4.78, 5) is 21.8. The van der Waals surface area contributed by atoms with Gasteiger partial charge in [0.1, 0.15) is 0 Å². The molecule has 0 saturated heterocycles. The van der Waals surface area contributed by atoms with Gasteiger partial charge in [-0.15, -0.1) is 12.4 Å². The molecular weight excluding hydrogens is 394 g/mol. The van der Waals surface area contributed by atoms with Gasteiger partial charge in [0.15, 0.2) is 10.8 Å². The Morgan fingerprint density at radius 2 is 1.93 bits per heavy atom. The first kappa shape index (κ1) is 22.3. The van der Waals surface area contributed by atoms with E-state index in [9.17, 15) is 4.79 Å². The summed E-state index contributed by atoms with van der Waals surface area (Å²) in [5.74, 6) is -0.0954. The SMILES string of the molecule is CCc1ccc2nc(N(CCN(C)C)C(=O)c3cc(C)n(CC)n3)sc2c1.Cl. The van der Waals surface area contributed by atoms with Gasteiger partial charge < -0.3 is 4.90 Å². The van der Waals surface area contributed by atoms with Gasteiger partial charge in [-0.3, -0.25) is 14.4 Å². The van der Waals surface area contributed by atoms with Gasteiger partial charge >= 0.3 is 0 Å². The van der Waals surface area contributed by atoms with E-state index >= 15 is 0 Å². The van der Waals surface area contributed by atoms with Gasteiger partial charge in [0.2, 0.25) is 0 Å². The number of aryl methyl sites for hydroxylation is 3. The Labute approximate surface area is 176 Å². The van der Waals surface area contributed by atoms with Crippen LogP contribution in [0.15, 0.2) is 24.3 Å². The van der Waals surface area contributed by atoms with E-state index in [0.29, 0.717) is 12.2 Å². The molecule has 8 heteroatoms. The molecule has 2 aromatic heterocycles. The third-order valence-electron chi connectivity index (χ3n) is 4.60. The van der Waals surface area contributed by atoms with Gasteiger partial charge in [-0.1, -0.05) is 24.3 Å². The lowest BCUT2D eigenvalue weighted by Gasteiger charge is -2.21. The highest BCUT2D eigenvalue weighted by atomic mass is 35.5. The van der Waals surface area contributed by atoms with Crippen LogP contribution in [0.5, 0.6) is 0 Å². The Morgan fingerprint density at radius 3 is 2.54 bits per heavy atom. The predicted molar refractivity (Wildman–Crippen MR) is 119 cm³/mol. The lowest BCUT2D eigenvalue weighted by molar-refractivity contribution is 0.0979. The van der Waals surface area contributed by atoms with E-state index in [1.165, 1.54) is 5.56 Å². The molecule has 0 N–H and O–H groups in total. The molecule has 0 unspecified atom stereocenters. The molecule has 28 heavy (non-hydrogen) atoms. The van der Waals surface area contributed by atoms with Crippen molar-refractivity contribution in [3.05, 3.63) is 41.2 Å². The van der Waals surface area contributed by atoms with Gasteiger partial charge in [-0.05, 0) is 58.1 Å². The zero-order chi connectivity index (χ0) is 19.6. The number of carbonyl (C=O) groups is 1. The molecule has 0 aliphatic carbocycles. The van der Waals surface area contributed by atoms with Crippen LogP contribution in [0.3, 0.4) is 0 Å². The first-order valence-electron chi connectivity index (χ1n) is 9.33. The summed E-state index contributed by atoms with van der Waals surface area (Å²) >= 11 is 1.57. The molecule has 0 aliphatic heterocycles. The van der Waals surface area contributed by atoms with Crippen LogP contribution in [0.1, 0.15) is 35.6 Å². The molecule has 0 bridgehead atoms. The molecule has 0 atom stereocenters. The number of aromatic nitrogens is 3. The monoisotopic (exact) mass is 421 g/mol. The molecular formula is C20H28ClN5OS. The number of nitrogens with zero attached hydrogens (tertiary/aromatic N) is 5. The maximum absolute atomic E-state index is 13.2. The first-order valence-corrected chi connectivity index (χ1v) is 10.1. The van der Waals surface area contributed by atoms with Gasteiger partial charge in [-0.2, -0.15) is 5.10 Å². The van der Waals surface area contributed by atoms with E-state index in [-0.39, 0.29) is 18.3 Å². The van der Waals surface area contributed by atoms with Crippen molar-refractivity contribution in [2.24, 2.45) is 0 Å². The predicted octanol–water partition coefficient (Wildman–Crippen LogP) is 4.01. The molecule has 1 amide bonds. The summed E-state index contributed by atoms with van der Waals surface area (Å²) < 4.78 is 2.96. The first-order chi connectivity index (χ1) is 12.9. The Bertz CT molecular complexity index is 949. The van der Waals surface area contributed by atoms with Crippen molar-refractivity contribution < 1.29 is 4.79 Å². The molecule has 1 aromatic carbocycles. The van der Waals surface area contributed by atoms with Crippen LogP contribution in [0.4, 0.5) is 5.13 Å². The van der Waals surface area contributed by atoms with Crippen molar-refractivity contribution in [1.29, 1.82) is 0 Å². The van der Waals surface area contributed by atoms with Gasteiger partial charge in [0.05, 0.1) is 10.2 Å². The number of fused-ring (bicyclic) bond motifs is 1. The topological polar surface area (TPSA) is 54.3 Å². The van der Waals surface area contributed by atoms with E-state index in [1.807, 2.05) is 44.8 Å². The number of likely N-dealkylation sites (N-methyl/N-ethyl adjacent to an activating group) is 1. The van der Waals surface area contributed by atoms with Gasteiger partial charge in [0.25, 0.3) is 5.91 Å². The third-order valence-corrected chi connectivity index (χ3v) is 5.64. The number of benzene rings is 1. The second-order valence-electron chi connectivity index (χ2n) is 6.90. The van der Waals surface area contributed by atoms with Crippen LogP contribution in [-0.2, 0) is 13.0 Å². The molecule has 2 heterocycles. The fourth-order valence-electron chi connectivity index (χ4n) is 2.95. The standard InChI is InChI=1S/C20H27N5OS.ClH/c1-6-15-8-9-16-18(13-15)27-20(21-16)24(11-10-23(4)5)19(26)17-12-14(3)25(7-2)22-17;/h8-9,12-13H,6-7,10-11H2,1-5H3;1H. The Kier molecular flexibility index (Phi) is 7.57. The molecule has 0 aliphatic rings. The molecule has 0 fully saturated rings. The van der Waals surface area contributed by atoms with Crippen LogP contribution in [0.25, 0.3) is 10.2 Å². The molecule has 0 radical (unpaired) electrons. The zero-order valence-corrected chi connectivity index (χ0v) is 18.7. The molecule has 3 rings (SSSR count). The van der Waals surface area contributed by atoms with Crippen LogP contribution in [0.2, 0.25) is 0 Å². The van der Waals surface area contributed by atoms with Crippen molar-refractivity contribution in [2.75, 3.05) is 32.1 Å². The summed E-state index contributed by atoms with van der Waals surface area (Å²) in [7, 11) is 4.01. The average Bonchev–Trinajstić information content (AvgIpc) is 3.23. The van der Waals surface area contributed by atoms with E-state index in [0.717, 1.165) is 40.6 Å². The number of anilines is 1. The Morgan fingerprint density at radius 1 is 1.18 bits per heavy atom. The van der Waals surface area contributed by atoms with E-state index < -0.39 is 0 Å². The summed E-state index contributed by atoms with van der Waals surface area (Å²) in [6, 6.07) is 8.17. The normalized spacial score (nSPS) is 11.1. The number of thiazole rings is 1. The highest BCUT2D eigenvalue weighted by molar-refractivity contribution is 7.22. The summed E-state index contributed by atoms with van der Waals surface area (Å²) in [5.41, 5.74) is 3.68. The Balaban J connectivity index is 0.00000280. The Hall–Kier alpha value is -1.96. The lowest BCUT2D eigenvalue weighted by atomic mass is 10.2. The third kappa shape index (κ3) is 4.71. The average molecular weight is 422 g/mol. The highest BCUT2D eigenvalue weighted by Gasteiger charge is 2.24. The summed E-state index contributed by atoms with van der Waals surface area (Å²) in [6.07, 6.45) is 0.986. The largest absolute Gasteiger partial charge is 0.308 e. The molecule has 0 spiro atoms. The fraction of sp³-hybridized carbons (Fsp3) is 0.450. The molecule has 0 saturated carbocycles. The molecule has 152 valence electrons. The minimum absolute atomic E-state index is 0. The number of carbonyl (C=O) groups excluding carboxylic acids is 1. The van der Waals surface area contributed by atoms with E-state index in [1.54, 1.807) is 16.2 Å². The minimum Gasteiger partial charge on any atom is -0.308 e. The van der Waals surface area contributed by atoms with Crippen LogP contribution in [0, 0.1) is 6.92 Å². The van der Waals surface area contributed by atoms with E-state index in [4.69, 9.17) is 4.98 Å². The van der Waals surface area contributed by atoms with Crippen molar-refractivity contribution >= 4 is 45.0 Å². The van der Waals surface area contributed by atoms with Crippen molar-refractivity contribution in [2.45, 2.75) is 33.7 Å². The smallest absolute Gasteiger partial charge is 0.280 e. The summed E-state index contributed by atoms with van der Waals surface area (Å²) in [6.45, 7) is 8.22. The lowest BCUT2D eigenvalue weighted by Crippen LogP contribution is -2.37. The van der Waals surface area contributed by atoms with Crippen molar-refractivity contribution in [3.63, 3.8) is 0 Å². The zero-order valence-electron chi connectivity index (χ0n) is 17.1. The second-order valence-corrected chi connectivity index (χ2v) is 7.91. The fourth-order valence-corrected chi connectivity index (χ4v) is 4.00. The van der Waals surface area contributed by atoms with E-state index in [2.05, 4.69) is 29.1 Å². The second kappa shape index (κ2) is 9.49. The highest BCUT2D eigenvalue weighted by Crippen LogP contribution is 2.30. The van der Waals surface area contributed by atoms with Crippen LogP contribution < -0.4 is 4.90 Å². The van der Waals surface area contributed by atoms with Gasteiger partial charge in [-0.25, -0.2) is 4.98 Å². The molecule has 6 nitrogen and oxygen atoms in total. The van der Waals surface area contributed by atoms with Crippen LogP contribution in [-0.4, -0.2) is 52.8 Å². The summed E-state index contributed by atoms with van der Waals surface area (Å²) in [5, 5.41) is 5.20. The van der Waals surface area contributed by atoms with Crippen LogP contribution >= 0.6 is 23.7 Å². The number of amides is 1. The maximum Gasteiger partial charge on any atom is 0.280 e.